The van der Waals surface area contributed by atoms with Gasteiger partial charge in [-0.1, -0.05) is 26.0 Å². The van der Waals surface area contributed by atoms with Crippen LogP contribution in [-0.2, 0) is 13.5 Å². The summed E-state index contributed by atoms with van der Waals surface area (Å²) in [4.78, 5) is 3.91. The Morgan fingerprint density at radius 1 is 1.15 bits per heavy atom. The molecule has 2 aromatic heterocycles. The number of fused-ring (bicyclic) bond motifs is 3. The van der Waals surface area contributed by atoms with Crippen molar-refractivity contribution in [3.8, 4) is 11.3 Å². The van der Waals surface area contributed by atoms with Gasteiger partial charge in [-0.05, 0) is 48.6 Å². The van der Waals surface area contributed by atoms with E-state index in [1.807, 2.05) is 37.5 Å². The van der Waals surface area contributed by atoms with Gasteiger partial charge < -0.3 is 4.42 Å². The Morgan fingerprint density at radius 2 is 1.96 bits per heavy atom. The minimum absolute atomic E-state index is 0.560. The zero-order chi connectivity index (χ0) is 19.1. The normalized spacial score (nSPS) is 11.4. The molecule has 0 atom stereocenters. The van der Waals surface area contributed by atoms with E-state index in [9.17, 15) is 0 Å². The van der Waals surface area contributed by atoms with E-state index in [2.05, 4.69) is 48.4 Å². The van der Waals surface area contributed by atoms with Crippen molar-refractivity contribution in [3.63, 3.8) is 0 Å². The number of pyridine rings is 1. The SMILES string of the molecule is [C-]#[N+]c1c(-c2cccc[n+]2C)c(C)cc2c1oc1cccc(CC(C)C)c12. The molecular weight excluding hydrogens is 332 g/mol. The molecule has 0 aliphatic carbocycles. The second kappa shape index (κ2) is 6.55. The summed E-state index contributed by atoms with van der Waals surface area (Å²) in [5.41, 5.74) is 6.50. The molecule has 0 aliphatic heterocycles. The van der Waals surface area contributed by atoms with Crippen LogP contribution < -0.4 is 4.57 Å². The van der Waals surface area contributed by atoms with E-state index in [1.165, 1.54) is 5.56 Å². The first kappa shape index (κ1) is 17.3. The molecule has 0 saturated heterocycles. The predicted molar refractivity (Wildman–Crippen MR) is 110 cm³/mol. The minimum atomic E-state index is 0.560. The lowest BCUT2D eigenvalue weighted by Crippen LogP contribution is -2.30. The highest BCUT2D eigenvalue weighted by Crippen LogP contribution is 2.43. The number of aryl methyl sites for hydroxylation is 2. The van der Waals surface area contributed by atoms with Crippen LogP contribution in [0.3, 0.4) is 0 Å². The standard InChI is InChI=1S/C24H23N2O/c1-15(2)13-17-9-8-11-20-22(17)18-14-16(3)21(23(25-4)24(18)27-20)19-10-6-7-12-26(19)5/h6-12,14-15H,13H2,1-3,5H3/q+1. The average Bonchev–Trinajstić information content (AvgIpc) is 3.00. The van der Waals surface area contributed by atoms with Crippen molar-refractivity contribution in [2.45, 2.75) is 27.2 Å². The molecule has 134 valence electrons. The summed E-state index contributed by atoms with van der Waals surface area (Å²) < 4.78 is 8.28. The topological polar surface area (TPSA) is 21.4 Å². The molecule has 0 aliphatic rings. The third-order valence-corrected chi connectivity index (χ3v) is 5.10. The number of furan rings is 1. The number of rotatable bonds is 3. The van der Waals surface area contributed by atoms with Gasteiger partial charge in [0.2, 0.25) is 11.4 Å². The fourth-order valence-electron chi connectivity index (χ4n) is 3.97. The van der Waals surface area contributed by atoms with Gasteiger partial charge in [0.25, 0.3) is 0 Å². The molecule has 2 heterocycles. The van der Waals surface area contributed by atoms with Crippen LogP contribution in [0.5, 0.6) is 0 Å². The van der Waals surface area contributed by atoms with Gasteiger partial charge in [-0.3, -0.25) is 0 Å². The first-order chi connectivity index (χ1) is 13.0. The van der Waals surface area contributed by atoms with Crippen LogP contribution >= 0.6 is 0 Å². The van der Waals surface area contributed by atoms with E-state index in [0.717, 1.165) is 39.6 Å². The smallest absolute Gasteiger partial charge is 0.243 e. The maximum atomic E-state index is 7.88. The molecule has 0 N–H and O–H groups in total. The van der Waals surface area contributed by atoms with E-state index in [-0.39, 0.29) is 0 Å². The van der Waals surface area contributed by atoms with Crippen molar-refractivity contribution >= 4 is 27.6 Å². The van der Waals surface area contributed by atoms with Gasteiger partial charge in [0.1, 0.15) is 18.2 Å². The molecule has 27 heavy (non-hydrogen) atoms. The van der Waals surface area contributed by atoms with Gasteiger partial charge in [-0.15, -0.1) is 0 Å². The van der Waals surface area contributed by atoms with Crippen LogP contribution in [0.2, 0.25) is 0 Å². The quantitative estimate of drug-likeness (QED) is 0.320. The van der Waals surface area contributed by atoms with Crippen molar-refractivity contribution in [2.24, 2.45) is 13.0 Å². The number of hydrogen-bond acceptors (Lipinski definition) is 1. The van der Waals surface area contributed by atoms with Crippen molar-refractivity contribution in [2.75, 3.05) is 0 Å². The molecule has 3 heteroatoms. The number of nitrogens with zero attached hydrogens (tertiary/aromatic N) is 2. The molecular formula is C24H23N2O+. The van der Waals surface area contributed by atoms with Crippen molar-refractivity contribution in [1.82, 2.24) is 0 Å². The monoisotopic (exact) mass is 355 g/mol. The molecule has 0 fully saturated rings. The Bertz CT molecular complexity index is 1210. The van der Waals surface area contributed by atoms with Crippen LogP contribution in [-0.4, -0.2) is 0 Å². The third kappa shape index (κ3) is 2.78. The first-order valence-corrected chi connectivity index (χ1v) is 9.31. The van der Waals surface area contributed by atoms with Crippen LogP contribution in [0.25, 0.3) is 38.0 Å². The fourth-order valence-corrected chi connectivity index (χ4v) is 3.97. The van der Waals surface area contributed by atoms with Crippen LogP contribution in [0.15, 0.2) is 53.1 Å². The average molecular weight is 355 g/mol. The molecule has 0 amide bonds. The van der Waals surface area contributed by atoms with Crippen molar-refractivity contribution in [3.05, 3.63) is 71.2 Å². The molecule has 0 spiro atoms. The lowest BCUT2D eigenvalue weighted by molar-refractivity contribution is -0.660. The van der Waals surface area contributed by atoms with Gasteiger partial charge in [0.05, 0.1) is 12.1 Å². The zero-order valence-corrected chi connectivity index (χ0v) is 16.2. The lowest BCUT2D eigenvalue weighted by atomic mass is 9.95. The maximum absolute atomic E-state index is 7.88. The summed E-state index contributed by atoms with van der Waals surface area (Å²) in [7, 11) is 2.01. The van der Waals surface area contributed by atoms with Crippen LogP contribution in [0.4, 0.5) is 5.69 Å². The summed E-state index contributed by atoms with van der Waals surface area (Å²) in [5, 5.41) is 2.20. The van der Waals surface area contributed by atoms with E-state index in [4.69, 9.17) is 11.0 Å². The van der Waals surface area contributed by atoms with E-state index in [1.54, 1.807) is 0 Å². The summed E-state index contributed by atoms with van der Waals surface area (Å²) in [6.45, 7) is 14.4. The van der Waals surface area contributed by atoms with Crippen LogP contribution in [0, 0.1) is 19.4 Å². The predicted octanol–water partition coefficient (Wildman–Crippen LogP) is 6.14. The van der Waals surface area contributed by atoms with Gasteiger partial charge in [0, 0.05) is 22.9 Å². The Morgan fingerprint density at radius 3 is 2.67 bits per heavy atom. The zero-order valence-electron chi connectivity index (χ0n) is 16.2. The van der Waals surface area contributed by atoms with Crippen LogP contribution in [0.1, 0.15) is 25.0 Å². The summed E-state index contributed by atoms with van der Waals surface area (Å²) >= 11 is 0. The first-order valence-electron chi connectivity index (χ1n) is 9.31. The summed E-state index contributed by atoms with van der Waals surface area (Å²) in [6, 6.07) is 14.5. The second-order valence-corrected chi connectivity index (χ2v) is 7.59. The number of aromatic nitrogens is 1. The Balaban J connectivity index is 2.11. The molecule has 0 radical (unpaired) electrons. The Hall–Kier alpha value is -3.12. The van der Waals surface area contributed by atoms with Crippen molar-refractivity contribution in [1.29, 1.82) is 0 Å². The lowest BCUT2D eigenvalue weighted by Gasteiger charge is -2.09. The maximum Gasteiger partial charge on any atom is 0.243 e. The Labute approximate surface area is 159 Å². The van der Waals surface area contributed by atoms with Gasteiger partial charge >= 0.3 is 0 Å². The molecule has 2 aromatic carbocycles. The molecule has 0 saturated carbocycles. The Kier molecular flexibility index (Phi) is 4.20. The second-order valence-electron chi connectivity index (χ2n) is 7.59. The molecule has 3 nitrogen and oxygen atoms in total. The fraction of sp³-hybridized carbons (Fsp3) is 0.250. The molecule has 0 unspecified atom stereocenters. The highest BCUT2D eigenvalue weighted by Gasteiger charge is 2.23. The minimum Gasteiger partial charge on any atom is -0.467 e. The molecule has 4 rings (SSSR count). The van der Waals surface area contributed by atoms with E-state index in [0.29, 0.717) is 17.2 Å². The largest absolute Gasteiger partial charge is 0.467 e. The number of benzene rings is 2. The van der Waals surface area contributed by atoms with Crippen molar-refractivity contribution < 1.29 is 8.98 Å². The van der Waals surface area contributed by atoms with Gasteiger partial charge in [-0.25, -0.2) is 9.41 Å². The summed E-state index contributed by atoms with van der Waals surface area (Å²) in [5.74, 6) is 0.560. The highest BCUT2D eigenvalue weighted by atomic mass is 16.3. The highest BCUT2D eigenvalue weighted by molar-refractivity contribution is 6.13. The molecule has 4 aromatic rings. The van der Waals surface area contributed by atoms with Gasteiger partial charge in [0.15, 0.2) is 6.20 Å². The van der Waals surface area contributed by atoms with E-state index < -0.39 is 0 Å². The molecule has 0 bridgehead atoms. The third-order valence-electron chi connectivity index (χ3n) is 5.10. The number of hydrogen-bond donors (Lipinski definition) is 0. The summed E-state index contributed by atoms with van der Waals surface area (Å²) in [6.07, 6.45) is 3.00. The van der Waals surface area contributed by atoms with Gasteiger partial charge in [-0.2, -0.15) is 0 Å². The van der Waals surface area contributed by atoms with E-state index >= 15 is 0 Å².